The van der Waals surface area contributed by atoms with Crippen LogP contribution < -0.4 is 14.8 Å². The Bertz CT molecular complexity index is 1130. The fraction of sp³-hybridized carbons (Fsp3) is 0.286. The second kappa shape index (κ2) is 10.4. The van der Waals surface area contributed by atoms with Crippen LogP contribution in [0.2, 0.25) is 0 Å². The molecule has 1 heterocycles. The third-order valence-corrected chi connectivity index (χ3v) is 7.04. The average molecular weight is 462 g/mol. The molecular formula is C21H23N3O5S2. The molecule has 0 aliphatic carbocycles. The lowest BCUT2D eigenvalue weighted by Gasteiger charge is -2.08. The minimum Gasteiger partial charge on any atom is -0.490 e. The number of carbonyl (C=O) groups is 1. The number of ether oxygens (including phenoxy) is 2. The number of hydrogen-bond acceptors (Lipinski definition) is 8. The zero-order valence-electron chi connectivity index (χ0n) is 17.2. The van der Waals surface area contributed by atoms with E-state index in [0.717, 1.165) is 17.8 Å². The smallest absolute Gasteiger partial charge is 0.300 e. The van der Waals surface area contributed by atoms with Gasteiger partial charge in [0.05, 0.1) is 12.4 Å². The van der Waals surface area contributed by atoms with Gasteiger partial charge in [0.25, 0.3) is 5.91 Å². The highest BCUT2D eigenvalue weighted by atomic mass is 32.2. The van der Waals surface area contributed by atoms with Crippen LogP contribution in [0.4, 0.5) is 0 Å². The van der Waals surface area contributed by atoms with Crippen molar-refractivity contribution in [1.29, 1.82) is 0 Å². The third-order valence-electron chi connectivity index (χ3n) is 4.11. The molecule has 0 unspecified atom stereocenters. The van der Waals surface area contributed by atoms with Crippen LogP contribution in [-0.2, 0) is 15.6 Å². The molecule has 0 saturated carbocycles. The summed E-state index contributed by atoms with van der Waals surface area (Å²) in [5.74, 6) is 0.525. The van der Waals surface area contributed by atoms with Crippen LogP contribution in [0.5, 0.6) is 16.7 Å². The van der Waals surface area contributed by atoms with Crippen molar-refractivity contribution in [2.24, 2.45) is 0 Å². The van der Waals surface area contributed by atoms with Gasteiger partial charge in [0.1, 0.15) is 0 Å². The largest absolute Gasteiger partial charge is 0.490 e. The van der Waals surface area contributed by atoms with E-state index in [1.165, 1.54) is 0 Å². The number of aromatic nitrogens is 2. The predicted molar refractivity (Wildman–Crippen MR) is 118 cm³/mol. The van der Waals surface area contributed by atoms with E-state index in [2.05, 4.69) is 15.5 Å². The van der Waals surface area contributed by atoms with Crippen LogP contribution in [0.25, 0.3) is 0 Å². The number of hydrogen-bond donors (Lipinski definition) is 1. The monoisotopic (exact) mass is 461 g/mol. The van der Waals surface area contributed by atoms with Gasteiger partial charge in [-0.25, -0.2) is 8.42 Å². The lowest BCUT2D eigenvalue weighted by molar-refractivity contribution is 0.0953. The van der Waals surface area contributed by atoms with Gasteiger partial charge >= 0.3 is 5.19 Å². The molecule has 31 heavy (non-hydrogen) atoms. The molecule has 1 N–H and O–H groups in total. The van der Waals surface area contributed by atoms with Gasteiger partial charge in [0.15, 0.2) is 11.5 Å². The molecule has 0 atom stereocenters. The van der Waals surface area contributed by atoms with Crippen LogP contribution in [-0.4, -0.2) is 37.7 Å². The quantitative estimate of drug-likeness (QED) is 0.489. The van der Waals surface area contributed by atoms with Crippen LogP contribution >= 0.6 is 11.3 Å². The molecule has 8 nitrogen and oxygen atoms in total. The zero-order valence-corrected chi connectivity index (χ0v) is 18.8. The van der Waals surface area contributed by atoms with Crippen LogP contribution in [0, 0.1) is 0 Å². The summed E-state index contributed by atoms with van der Waals surface area (Å²) in [6.45, 7) is 4.88. The first-order chi connectivity index (χ1) is 14.9. The SMILES string of the molecule is CCCNC(=O)c1ccc(CS(=O)(=O)c2nnc(Oc3ccccc3OCC)s2)cc1. The Morgan fingerprint density at radius 3 is 2.42 bits per heavy atom. The molecular weight excluding hydrogens is 438 g/mol. The summed E-state index contributed by atoms with van der Waals surface area (Å²) < 4.78 is 36.5. The van der Waals surface area contributed by atoms with Gasteiger partial charge < -0.3 is 14.8 Å². The first-order valence-electron chi connectivity index (χ1n) is 9.76. The van der Waals surface area contributed by atoms with Crippen molar-refractivity contribution in [3.05, 3.63) is 59.7 Å². The number of nitrogens with zero attached hydrogens (tertiary/aromatic N) is 2. The second-order valence-electron chi connectivity index (χ2n) is 6.53. The number of para-hydroxylation sites is 2. The van der Waals surface area contributed by atoms with E-state index < -0.39 is 9.84 Å². The zero-order chi connectivity index (χ0) is 22.3. The average Bonchev–Trinajstić information content (AvgIpc) is 3.23. The van der Waals surface area contributed by atoms with Gasteiger partial charge in [-0.05, 0) is 54.5 Å². The van der Waals surface area contributed by atoms with E-state index >= 15 is 0 Å². The number of sulfone groups is 1. The summed E-state index contributed by atoms with van der Waals surface area (Å²) in [7, 11) is -3.72. The van der Waals surface area contributed by atoms with Crippen molar-refractivity contribution >= 4 is 27.1 Å². The molecule has 10 heteroatoms. The summed E-state index contributed by atoms with van der Waals surface area (Å²) in [6.07, 6.45) is 0.840. The maximum Gasteiger partial charge on any atom is 0.300 e. The van der Waals surface area contributed by atoms with Crippen LogP contribution in [0.3, 0.4) is 0 Å². The van der Waals surface area contributed by atoms with E-state index in [1.807, 2.05) is 19.9 Å². The molecule has 0 aliphatic heterocycles. The molecule has 1 aromatic heterocycles. The van der Waals surface area contributed by atoms with Crippen molar-refractivity contribution in [3.63, 3.8) is 0 Å². The van der Waals surface area contributed by atoms with E-state index in [4.69, 9.17) is 9.47 Å². The van der Waals surface area contributed by atoms with E-state index in [1.54, 1.807) is 42.5 Å². The van der Waals surface area contributed by atoms with Gasteiger partial charge in [-0.15, -0.1) is 5.10 Å². The van der Waals surface area contributed by atoms with Gasteiger partial charge in [-0.1, -0.05) is 36.3 Å². The highest BCUT2D eigenvalue weighted by Crippen LogP contribution is 2.34. The summed E-state index contributed by atoms with van der Waals surface area (Å²) in [5.41, 5.74) is 1.03. The minimum absolute atomic E-state index is 0.105. The Morgan fingerprint density at radius 1 is 1.03 bits per heavy atom. The van der Waals surface area contributed by atoms with Crippen molar-refractivity contribution in [2.75, 3.05) is 13.2 Å². The summed E-state index contributed by atoms with van der Waals surface area (Å²) in [6, 6.07) is 13.5. The molecule has 0 aliphatic rings. The Labute approximate surface area is 185 Å². The molecule has 0 saturated heterocycles. The summed E-state index contributed by atoms with van der Waals surface area (Å²) in [4.78, 5) is 12.0. The normalized spacial score (nSPS) is 11.2. The molecule has 0 fully saturated rings. The number of rotatable bonds is 10. The molecule has 164 valence electrons. The maximum atomic E-state index is 12.7. The second-order valence-corrected chi connectivity index (χ2v) is 9.63. The molecule has 0 bridgehead atoms. The maximum absolute atomic E-state index is 12.7. The Morgan fingerprint density at radius 2 is 1.74 bits per heavy atom. The number of carbonyl (C=O) groups excluding carboxylic acids is 1. The van der Waals surface area contributed by atoms with E-state index in [9.17, 15) is 13.2 Å². The lowest BCUT2D eigenvalue weighted by atomic mass is 10.1. The topological polar surface area (TPSA) is 107 Å². The van der Waals surface area contributed by atoms with Crippen molar-refractivity contribution < 1.29 is 22.7 Å². The molecule has 3 aromatic rings. The predicted octanol–water partition coefficient (Wildman–Crippen LogP) is 3.84. The van der Waals surface area contributed by atoms with Crippen LogP contribution in [0.15, 0.2) is 52.9 Å². The fourth-order valence-electron chi connectivity index (χ4n) is 2.64. The standard InChI is InChI=1S/C21H23N3O5S2/c1-3-13-22-19(25)16-11-9-15(10-12-16)14-31(26,27)21-24-23-20(30-21)29-18-8-6-5-7-17(18)28-4-2/h5-12H,3-4,13-14H2,1-2H3,(H,22,25). The first kappa shape index (κ1) is 22.7. The summed E-state index contributed by atoms with van der Waals surface area (Å²) >= 11 is 0.846. The van der Waals surface area contributed by atoms with Crippen molar-refractivity contribution in [1.82, 2.24) is 15.5 Å². The Hall–Kier alpha value is -2.98. The molecule has 0 radical (unpaired) electrons. The number of amides is 1. The van der Waals surface area contributed by atoms with Gasteiger partial charge in [0, 0.05) is 12.1 Å². The van der Waals surface area contributed by atoms with Crippen molar-refractivity contribution in [3.8, 4) is 16.7 Å². The molecule has 2 aromatic carbocycles. The van der Waals surface area contributed by atoms with E-state index in [-0.39, 0.29) is 21.2 Å². The number of benzene rings is 2. The van der Waals surface area contributed by atoms with Gasteiger partial charge in [0.2, 0.25) is 14.2 Å². The van der Waals surface area contributed by atoms with Gasteiger partial charge in [-0.2, -0.15) is 0 Å². The van der Waals surface area contributed by atoms with Crippen molar-refractivity contribution in [2.45, 2.75) is 30.4 Å². The first-order valence-corrected chi connectivity index (χ1v) is 12.2. The highest BCUT2D eigenvalue weighted by molar-refractivity contribution is 7.92. The fourth-order valence-corrected chi connectivity index (χ4v) is 4.90. The third kappa shape index (κ3) is 6.02. The molecule has 0 spiro atoms. The molecule has 1 amide bonds. The number of nitrogens with one attached hydrogen (secondary N) is 1. The van der Waals surface area contributed by atoms with Gasteiger partial charge in [-0.3, -0.25) is 4.79 Å². The summed E-state index contributed by atoms with van der Waals surface area (Å²) in [5, 5.41) is 10.5. The Balaban J connectivity index is 1.69. The molecule has 3 rings (SSSR count). The Kier molecular flexibility index (Phi) is 7.59. The highest BCUT2D eigenvalue weighted by Gasteiger charge is 2.22. The van der Waals surface area contributed by atoms with Crippen LogP contribution in [0.1, 0.15) is 36.2 Å². The lowest BCUT2D eigenvalue weighted by Crippen LogP contribution is -2.23. The van der Waals surface area contributed by atoms with E-state index in [0.29, 0.717) is 35.8 Å². The minimum atomic E-state index is -3.72.